The van der Waals surface area contributed by atoms with E-state index in [-0.39, 0.29) is 6.61 Å². The number of benzene rings is 1. The number of unbranched alkanes of at least 4 members (excludes halogenated alkanes) is 1. The van der Waals surface area contributed by atoms with Gasteiger partial charge in [-0.25, -0.2) is 4.72 Å². The number of rotatable bonds is 8. The van der Waals surface area contributed by atoms with Crippen LogP contribution in [0.5, 0.6) is 0 Å². The number of carbonyl (C=O) groups excluding carboxylic acids is 1. The Morgan fingerprint density at radius 3 is 2.62 bits per heavy atom. The summed E-state index contributed by atoms with van der Waals surface area (Å²) in [6.45, 7) is 0.618. The third kappa shape index (κ3) is 5.45. The van der Waals surface area contributed by atoms with E-state index in [0.717, 1.165) is 19.3 Å². The van der Waals surface area contributed by atoms with Gasteiger partial charge in [-0.3, -0.25) is 4.79 Å². The van der Waals surface area contributed by atoms with Gasteiger partial charge in [0.15, 0.2) is 0 Å². The van der Waals surface area contributed by atoms with Crippen LogP contribution >= 0.6 is 0 Å². The fourth-order valence-electron chi connectivity index (χ4n) is 2.14. The molecule has 1 aromatic rings. The molecule has 0 amide bonds. The molecule has 1 aliphatic heterocycles. The van der Waals surface area contributed by atoms with Gasteiger partial charge >= 0.3 is 5.97 Å². The van der Waals surface area contributed by atoms with E-state index in [1.165, 1.54) is 5.56 Å². The predicted octanol–water partition coefficient (Wildman–Crippen LogP) is 0.749. The summed E-state index contributed by atoms with van der Waals surface area (Å²) >= 11 is 0. The third-order valence-corrected chi connectivity index (χ3v) is 4.44. The van der Waals surface area contributed by atoms with E-state index in [0.29, 0.717) is 13.0 Å². The lowest BCUT2D eigenvalue weighted by molar-refractivity contribution is -0.139. The summed E-state index contributed by atoms with van der Waals surface area (Å²) < 4.78 is 32.9. The summed E-state index contributed by atoms with van der Waals surface area (Å²) in [7, 11) is -3.64. The van der Waals surface area contributed by atoms with Gasteiger partial charge in [-0.2, -0.15) is 13.1 Å². The van der Waals surface area contributed by atoms with Crippen molar-refractivity contribution in [3.05, 3.63) is 35.9 Å². The summed E-state index contributed by atoms with van der Waals surface area (Å²) in [5.74, 6) is -0.510. The SMILES string of the molecule is O=C1OCCC1NS(=O)(=O)NCCCCc1ccccc1. The lowest BCUT2D eigenvalue weighted by Gasteiger charge is -2.10. The maximum Gasteiger partial charge on any atom is 0.324 e. The van der Waals surface area contributed by atoms with Gasteiger partial charge in [-0.05, 0) is 24.8 Å². The van der Waals surface area contributed by atoms with Gasteiger partial charge in [0, 0.05) is 13.0 Å². The summed E-state index contributed by atoms with van der Waals surface area (Å²) in [6, 6.07) is 9.30. The van der Waals surface area contributed by atoms with Crippen molar-refractivity contribution in [1.82, 2.24) is 9.44 Å². The van der Waals surface area contributed by atoms with Crippen LogP contribution in [0.3, 0.4) is 0 Å². The summed E-state index contributed by atoms with van der Waals surface area (Å²) in [5.41, 5.74) is 1.24. The minimum absolute atomic E-state index is 0.267. The number of ether oxygens (including phenoxy) is 1. The van der Waals surface area contributed by atoms with E-state index in [9.17, 15) is 13.2 Å². The van der Waals surface area contributed by atoms with Crippen LogP contribution in [0.1, 0.15) is 24.8 Å². The molecule has 0 saturated carbocycles. The zero-order valence-electron chi connectivity index (χ0n) is 11.7. The Kier molecular flexibility index (Phi) is 5.72. The summed E-state index contributed by atoms with van der Waals surface area (Å²) in [5, 5.41) is 0. The second kappa shape index (κ2) is 7.53. The van der Waals surface area contributed by atoms with Crippen molar-refractivity contribution in [2.75, 3.05) is 13.2 Å². The topological polar surface area (TPSA) is 84.5 Å². The average molecular weight is 312 g/mol. The number of aryl methyl sites for hydroxylation is 1. The van der Waals surface area contributed by atoms with E-state index in [2.05, 4.69) is 21.6 Å². The molecule has 116 valence electrons. The molecule has 6 nitrogen and oxygen atoms in total. The third-order valence-electron chi connectivity index (χ3n) is 3.26. The number of hydrogen-bond acceptors (Lipinski definition) is 4. The minimum atomic E-state index is -3.64. The highest BCUT2D eigenvalue weighted by Gasteiger charge is 2.30. The van der Waals surface area contributed by atoms with E-state index < -0.39 is 22.2 Å². The number of nitrogens with one attached hydrogen (secondary N) is 2. The molecule has 1 aromatic carbocycles. The first kappa shape index (κ1) is 15.9. The van der Waals surface area contributed by atoms with Gasteiger partial charge in [-0.15, -0.1) is 0 Å². The lowest BCUT2D eigenvalue weighted by Crippen LogP contribution is -2.44. The molecule has 1 atom stereocenters. The molecule has 1 heterocycles. The molecule has 0 spiro atoms. The number of cyclic esters (lactones) is 1. The van der Waals surface area contributed by atoms with Crippen molar-refractivity contribution in [2.24, 2.45) is 0 Å². The number of esters is 1. The Bertz CT molecular complexity index is 560. The highest BCUT2D eigenvalue weighted by atomic mass is 32.2. The molecule has 1 fully saturated rings. The first-order chi connectivity index (χ1) is 10.1. The Labute approximate surface area is 125 Å². The predicted molar refractivity (Wildman–Crippen MR) is 78.8 cm³/mol. The van der Waals surface area contributed by atoms with Crippen molar-refractivity contribution in [2.45, 2.75) is 31.7 Å². The lowest BCUT2D eigenvalue weighted by atomic mass is 10.1. The van der Waals surface area contributed by atoms with Crippen LogP contribution < -0.4 is 9.44 Å². The van der Waals surface area contributed by atoms with Crippen molar-refractivity contribution in [3.63, 3.8) is 0 Å². The Morgan fingerprint density at radius 2 is 1.95 bits per heavy atom. The zero-order valence-corrected chi connectivity index (χ0v) is 12.6. The molecular weight excluding hydrogens is 292 g/mol. The second-order valence-corrected chi connectivity index (χ2v) is 6.50. The van der Waals surface area contributed by atoms with Crippen molar-refractivity contribution in [3.8, 4) is 0 Å². The first-order valence-electron chi connectivity index (χ1n) is 7.04. The van der Waals surface area contributed by atoms with Gasteiger partial charge < -0.3 is 4.74 Å². The van der Waals surface area contributed by atoms with Crippen molar-refractivity contribution < 1.29 is 17.9 Å². The maximum atomic E-state index is 11.7. The number of carbonyl (C=O) groups is 1. The maximum absolute atomic E-state index is 11.7. The van der Waals surface area contributed by atoms with Gasteiger partial charge in [0.25, 0.3) is 10.2 Å². The van der Waals surface area contributed by atoms with Crippen LogP contribution in [0.4, 0.5) is 0 Å². The van der Waals surface area contributed by atoms with E-state index in [4.69, 9.17) is 4.74 Å². The van der Waals surface area contributed by atoms with E-state index >= 15 is 0 Å². The molecule has 21 heavy (non-hydrogen) atoms. The van der Waals surface area contributed by atoms with E-state index in [1.54, 1.807) is 0 Å². The zero-order chi connectivity index (χ0) is 15.1. The second-order valence-electron chi connectivity index (χ2n) is 4.97. The minimum Gasteiger partial charge on any atom is -0.464 e. The van der Waals surface area contributed by atoms with Crippen molar-refractivity contribution >= 4 is 16.2 Å². The van der Waals surface area contributed by atoms with Crippen LogP contribution in [0, 0.1) is 0 Å². The molecule has 1 unspecified atom stereocenters. The van der Waals surface area contributed by atoms with Crippen molar-refractivity contribution in [1.29, 1.82) is 0 Å². The molecule has 0 radical (unpaired) electrons. The molecule has 0 bridgehead atoms. The van der Waals surface area contributed by atoms with E-state index in [1.807, 2.05) is 18.2 Å². The molecule has 2 rings (SSSR count). The molecule has 1 saturated heterocycles. The van der Waals surface area contributed by atoms with Gasteiger partial charge in [0.2, 0.25) is 0 Å². The van der Waals surface area contributed by atoms with Crippen LogP contribution in [0.25, 0.3) is 0 Å². The number of hydrogen-bond donors (Lipinski definition) is 2. The standard InChI is InChI=1S/C14H20N2O4S/c17-14-13(9-11-20-14)16-21(18,19)15-10-5-4-8-12-6-2-1-3-7-12/h1-3,6-7,13,15-16H,4-5,8-11H2. The largest absolute Gasteiger partial charge is 0.464 e. The quantitative estimate of drug-likeness (QED) is 0.548. The molecule has 0 aromatic heterocycles. The normalized spacial score (nSPS) is 18.7. The molecule has 0 aliphatic carbocycles. The smallest absolute Gasteiger partial charge is 0.324 e. The van der Waals surface area contributed by atoms with Crippen LogP contribution in [-0.2, 0) is 26.2 Å². The summed E-state index contributed by atoms with van der Waals surface area (Å²) in [4.78, 5) is 11.2. The highest BCUT2D eigenvalue weighted by Crippen LogP contribution is 2.07. The Hall–Kier alpha value is -1.44. The highest BCUT2D eigenvalue weighted by molar-refractivity contribution is 7.87. The first-order valence-corrected chi connectivity index (χ1v) is 8.53. The summed E-state index contributed by atoms with van der Waals surface area (Å²) in [6.07, 6.45) is 2.95. The monoisotopic (exact) mass is 312 g/mol. The molecular formula is C14H20N2O4S. The van der Waals surface area contributed by atoms with Crippen LogP contribution in [0.15, 0.2) is 30.3 Å². The average Bonchev–Trinajstić information content (AvgIpc) is 2.84. The molecule has 7 heteroatoms. The Morgan fingerprint density at radius 1 is 1.19 bits per heavy atom. The van der Waals surface area contributed by atoms with Crippen LogP contribution in [-0.4, -0.2) is 33.6 Å². The fraction of sp³-hybridized carbons (Fsp3) is 0.500. The van der Waals surface area contributed by atoms with Gasteiger partial charge in [-0.1, -0.05) is 30.3 Å². The molecule has 1 aliphatic rings. The fourth-order valence-corrected chi connectivity index (χ4v) is 3.22. The molecule has 2 N–H and O–H groups in total. The Balaban J connectivity index is 1.64. The van der Waals surface area contributed by atoms with Crippen LogP contribution in [0.2, 0.25) is 0 Å². The van der Waals surface area contributed by atoms with Gasteiger partial charge in [0.1, 0.15) is 6.04 Å². The van der Waals surface area contributed by atoms with Gasteiger partial charge in [0.05, 0.1) is 6.61 Å².